The summed E-state index contributed by atoms with van der Waals surface area (Å²) in [4.78, 5) is 0. The molecule has 3 aliphatic rings. The van der Waals surface area contributed by atoms with Crippen molar-refractivity contribution in [3.05, 3.63) is 189 Å². The smallest absolute Gasteiger partial charge is 0.416 e. The first-order valence-electron chi connectivity index (χ1n) is 30.0. The Bertz CT molecular complexity index is 3540. The molecule has 11 rings (SSSR count). The standard InChI is InChI=1S/C73H76BrF3O5/c1-6-8-12-16-48-19-21-49(22-20-48)50-23-25-51(26-24-50)52-27-34-57(35-28-52)80-44-13-10-11-14-45-81-65-18-15-17-60-67-62(47-64(74)68(60)65)66-59-40-33-55(73(75,76)77)46-63(59)71(3,4)69(66)61-41-42-72(82-70(61)67,53-29-36-56(78-5)37-30-53)54-31-38-58(39-32-54)79-43-9-7-2/h15,17-18,23-42,46-49H,6-14,16,19-22,43-45H2,1-5H3/t48-,49-,72?. The number of hydrogen-bond acceptors (Lipinski definition) is 5. The van der Waals surface area contributed by atoms with E-state index in [9.17, 15) is 13.2 Å². The molecule has 0 N–H and O–H groups in total. The fraction of sp³-hybridized carbons (Fsp3) is 0.370. The molecule has 1 atom stereocenters. The Kier molecular flexibility index (Phi) is 17.2. The maximum absolute atomic E-state index is 14.5. The molecule has 1 unspecified atom stereocenters. The summed E-state index contributed by atoms with van der Waals surface area (Å²) in [5.74, 6) is 5.37. The van der Waals surface area contributed by atoms with E-state index in [1.807, 2.05) is 62.4 Å². The Morgan fingerprint density at radius 3 is 1.85 bits per heavy atom. The van der Waals surface area contributed by atoms with Crippen molar-refractivity contribution in [1.29, 1.82) is 0 Å². The van der Waals surface area contributed by atoms with E-state index in [2.05, 4.69) is 115 Å². The minimum Gasteiger partial charge on any atom is -0.497 e. The van der Waals surface area contributed by atoms with Gasteiger partial charge < -0.3 is 23.7 Å². The molecular formula is C73H76BrF3O5. The molecule has 0 spiro atoms. The Hall–Kier alpha value is -6.71. The maximum atomic E-state index is 14.5. The average Bonchev–Trinajstić information content (AvgIpc) is 2.05. The van der Waals surface area contributed by atoms with E-state index in [0.29, 0.717) is 42.8 Å². The quantitative estimate of drug-likeness (QED) is 0.0500. The first-order valence-corrected chi connectivity index (χ1v) is 30.8. The molecule has 0 amide bonds. The third kappa shape index (κ3) is 11.5. The maximum Gasteiger partial charge on any atom is 0.416 e. The van der Waals surface area contributed by atoms with E-state index >= 15 is 0 Å². The van der Waals surface area contributed by atoms with E-state index in [4.69, 9.17) is 23.7 Å². The van der Waals surface area contributed by atoms with Crippen LogP contribution in [0.2, 0.25) is 0 Å². The zero-order chi connectivity index (χ0) is 57.0. The van der Waals surface area contributed by atoms with Crippen LogP contribution in [0.5, 0.6) is 28.7 Å². The molecule has 2 aliphatic carbocycles. The van der Waals surface area contributed by atoms with Gasteiger partial charge in [-0.1, -0.05) is 145 Å². The Balaban J connectivity index is 0.816. The molecule has 1 saturated carbocycles. The van der Waals surface area contributed by atoms with Crippen LogP contribution in [-0.2, 0) is 17.2 Å². The number of methoxy groups -OCH3 is 1. The van der Waals surface area contributed by atoms with Gasteiger partial charge in [-0.15, -0.1) is 0 Å². The molecule has 9 heteroatoms. The Labute approximate surface area is 491 Å². The highest BCUT2D eigenvalue weighted by molar-refractivity contribution is 9.10. The van der Waals surface area contributed by atoms with Crippen molar-refractivity contribution in [2.45, 2.75) is 141 Å². The lowest BCUT2D eigenvalue weighted by Gasteiger charge is -2.38. The summed E-state index contributed by atoms with van der Waals surface area (Å²) in [6.45, 7) is 10.3. The fourth-order valence-corrected chi connectivity index (χ4v) is 13.8. The van der Waals surface area contributed by atoms with Gasteiger partial charge in [-0.25, -0.2) is 0 Å². The number of ether oxygens (including phenoxy) is 5. The second kappa shape index (κ2) is 24.6. The average molecular weight is 1170 g/mol. The number of unbranched alkanes of at least 4 members (excludes halogenated alkanes) is 6. The lowest BCUT2D eigenvalue weighted by molar-refractivity contribution is -0.137. The van der Waals surface area contributed by atoms with Crippen LogP contribution in [0.15, 0.2) is 150 Å². The van der Waals surface area contributed by atoms with Crippen LogP contribution in [0.25, 0.3) is 49.9 Å². The minimum atomic E-state index is -4.50. The summed E-state index contributed by atoms with van der Waals surface area (Å²) >= 11 is 4.01. The molecule has 8 aromatic rings. The molecule has 82 heavy (non-hydrogen) atoms. The van der Waals surface area contributed by atoms with Gasteiger partial charge in [-0.05, 0) is 202 Å². The lowest BCUT2D eigenvalue weighted by atomic mass is 9.76. The molecule has 0 bridgehead atoms. The van der Waals surface area contributed by atoms with Crippen molar-refractivity contribution >= 4 is 43.6 Å². The van der Waals surface area contributed by atoms with Crippen molar-refractivity contribution in [3.8, 4) is 51.0 Å². The summed E-state index contributed by atoms with van der Waals surface area (Å²) in [7, 11) is 1.65. The van der Waals surface area contributed by atoms with Crippen LogP contribution in [0.3, 0.4) is 0 Å². The summed E-state index contributed by atoms with van der Waals surface area (Å²) in [6.07, 6.45) is 16.4. The molecule has 1 fully saturated rings. The van der Waals surface area contributed by atoms with Gasteiger partial charge in [-0.3, -0.25) is 0 Å². The predicted octanol–water partition coefficient (Wildman–Crippen LogP) is 21.2. The van der Waals surface area contributed by atoms with E-state index in [1.165, 1.54) is 80.2 Å². The lowest BCUT2D eigenvalue weighted by Crippen LogP contribution is -2.35. The van der Waals surface area contributed by atoms with Crippen LogP contribution in [0.1, 0.15) is 162 Å². The number of fused-ring (bicyclic) bond motifs is 10. The molecule has 1 heterocycles. The monoisotopic (exact) mass is 1170 g/mol. The third-order valence-electron chi connectivity index (χ3n) is 17.8. The van der Waals surface area contributed by atoms with Crippen LogP contribution < -0.4 is 23.7 Å². The highest BCUT2D eigenvalue weighted by atomic mass is 79.9. The van der Waals surface area contributed by atoms with Crippen molar-refractivity contribution in [2.75, 3.05) is 26.9 Å². The van der Waals surface area contributed by atoms with E-state index < -0.39 is 22.8 Å². The highest BCUT2D eigenvalue weighted by Crippen LogP contribution is 2.60. The van der Waals surface area contributed by atoms with Gasteiger partial charge in [0.25, 0.3) is 0 Å². The largest absolute Gasteiger partial charge is 0.497 e. The number of benzene rings is 8. The summed E-state index contributed by atoms with van der Waals surface area (Å²) in [5.41, 5.74) is 7.14. The topological polar surface area (TPSA) is 46.2 Å². The number of alkyl halides is 3. The molecule has 0 saturated heterocycles. The molecule has 1 aliphatic heterocycles. The van der Waals surface area contributed by atoms with E-state index in [1.54, 1.807) is 13.2 Å². The Morgan fingerprint density at radius 2 is 1.22 bits per heavy atom. The highest BCUT2D eigenvalue weighted by Gasteiger charge is 2.46. The summed E-state index contributed by atoms with van der Waals surface area (Å²) in [5, 5.41) is 3.53. The van der Waals surface area contributed by atoms with Gasteiger partial charge in [0.2, 0.25) is 0 Å². The Morgan fingerprint density at radius 1 is 0.610 bits per heavy atom. The van der Waals surface area contributed by atoms with Gasteiger partial charge >= 0.3 is 6.18 Å². The summed E-state index contributed by atoms with van der Waals surface area (Å²) < 4.78 is 76.6. The molecule has 426 valence electrons. The van der Waals surface area contributed by atoms with Crippen molar-refractivity contribution in [1.82, 2.24) is 0 Å². The minimum absolute atomic E-state index is 0.524. The van der Waals surface area contributed by atoms with Gasteiger partial charge in [0.1, 0.15) is 28.7 Å². The van der Waals surface area contributed by atoms with Crippen molar-refractivity contribution < 1.29 is 36.9 Å². The molecular weight excluding hydrogens is 1090 g/mol. The van der Waals surface area contributed by atoms with Gasteiger partial charge in [0.15, 0.2) is 5.60 Å². The number of rotatable bonds is 22. The second-order valence-corrected chi connectivity index (χ2v) is 24.3. The fourth-order valence-electron chi connectivity index (χ4n) is 13.2. The molecule has 0 aromatic heterocycles. The van der Waals surface area contributed by atoms with Gasteiger partial charge in [0.05, 0.1) is 32.5 Å². The first-order chi connectivity index (χ1) is 39.8. The van der Waals surface area contributed by atoms with Crippen molar-refractivity contribution in [2.24, 2.45) is 5.92 Å². The molecule has 5 nitrogen and oxygen atoms in total. The SMILES string of the molecule is CCCCC[C@H]1CC[C@H](c2ccc(-c3ccc(OCCCCCCOc4cccc5c4c(Br)cc4c6c(c7c(c45)OC(c4ccc(OC)cc4)(c4ccc(OCCCC)cc4)C=C7)C(C)(C)c4cc(C(F)(F)F)ccc4-6)cc3)cc2)CC1. The van der Waals surface area contributed by atoms with Gasteiger partial charge in [-0.2, -0.15) is 13.2 Å². The zero-order valence-electron chi connectivity index (χ0n) is 48.2. The van der Waals surface area contributed by atoms with E-state index in [-0.39, 0.29) is 0 Å². The number of hydrogen-bond donors (Lipinski definition) is 0. The molecule has 8 aromatic carbocycles. The normalized spacial score (nSPS) is 18.0. The van der Waals surface area contributed by atoms with Crippen LogP contribution in [0, 0.1) is 5.92 Å². The van der Waals surface area contributed by atoms with Crippen LogP contribution >= 0.6 is 15.9 Å². The summed E-state index contributed by atoms with van der Waals surface area (Å²) in [6, 6.07) is 46.2. The van der Waals surface area contributed by atoms with Crippen LogP contribution in [-0.4, -0.2) is 26.9 Å². The second-order valence-electron chi connectivity index (χ2n) is 23.4. The molecule has 0 radical (unpaired) electrons. The zero-order valence-corrected chi connectivity index (χ0v) is 49.7. The van der Waals surface area contributed by atoms with Gasteiger partial charge in [0, 0.05) is 37.4 Å². The first kappa shape index (κ1) is 57.1. The predicted molar refractivity (Wildman–Crippen MR) is 332 cm³/mol. The van der Waals surface area contributed by atoms with Crippen molar-refractivity contribution in [3.63, 3.8) is 0 Å². The van der Waals surface area contributed by atoms with E-state index in [0.717, 1.165) is 121 Å². The third-order valence-corrected chi connectivity index (χ3v) is 18.4. The number of halogens is 4. The van der Waals surface area contributed by atoms with Crippen LogP contribution in [0.4, 0.5) is 13.2 Å².